The number of hydrogen-bond donors (Lipinski definition) is 1. The van der Waals surface area contributed by atoms with Crippen LogP contribution in [0.5, 0.6) is 0 Å². The molecule has 0 radical (unpaired) electrons. The van der Waals surface area contributed by atoms with Crippen LogP contribution in [0.4, 0.5) is 4.79 Å². The zero-order chi connectivity index (χ0) is 6.85. The van der Waals surface area contributed by atoms with E-state index in [1.54, 1.807) is 0 Å². The smallest absolute Gasteiger partial charge is 0.368 e. The summed E-state index contributed by atoms with van der Waals surface area (Å²) in [5.41, 5.74) is 5.30. The molecule has 1 rings (SSSR count). The molecule has 0 aromatic heterocycles. The van der Waals surface area contributed by atoms with Crippen LogP contribution in [0, 0.1) is 0 Å². The highest BCUT2D eigenvalue weighted by atomic mass is 127. The molecule has 1 heterocycles. The van der Waals surface area contributed by atoms with Gasteiger partial charge in [0.1, 0.15) is 9.76 Å². The lowest BCUT2D eigenvalue weighted by atomic mass is 10.4. The van der Waals surface area contributed by atoms with Gasteiger partial charge in [0.05, 0.1) is 0 Å². The third kappa shape index (κ3) is 1.47. The molecule has 2 N–H and O–H groups in total. The Hall–Kier alpha value is -0.460. The number of aliphatic imine (C=N–C) groups is 2. The van der Waals surface area contributed by atoms with Crippen LogP contribution in [0.1, 0.15) is 0 Å². The van der Waals surface area contributed by atoms with Gasteiger partial charge in [-0.05, 0) is 0 Å². The van der Waals surface area contributed by atoms with Crippen molar-refractivity contribution in [2.45, 2.75) is 3.92 Å². The van der Waals surface area contributed by atoms with Crippen LogP contribution >= 0.6 is 22.6 Å². The fourth-order valence-corrected chi connectivity index (χ4v) is 0.707. The van der Waals surface area contributed by atoms with E-state index in [-0.39, 0.29) is 3.92 Å². The van der Waals surface area contributed by atoms with Crippen molar-refractivity contribution in [1.82, 2.24) is 0 Å². The van der Waals surface area contributed by atoms with Crippen molar-refractivity contribution in [3.63, 3.8) is 0 Å². The number of amides is 2. The number of rotatable bonds is 0. The summed E-state index contributed by atoms with van der Waals surface area (Å²) in [6.45, 7) is 0. The summed E-state index contributed by atoms with van der Waals surface area (Å²) in [6.07, 6.45) is 1.48. The van der Waals surface area contributed by atoms with Crippen molar-refractivity contribution < 1.29 is 4.79 Å². The number of amidine groups is 1. The highest BCUT2D eigenvalue weighted by Crippen LogP contribution is 2.02. The van der Waals surface area contributed by atoms with E-state index in [0.29, 0.717) is 5.84 Å². The maximum atomic E-state index is 10.4. The van der Waals surface area contributed by atoms with Crippen LogP contribution in [-0.2, 0) is 0 Å². The summed E-state index contributed by atoms with van der Waals surface area (Å²) < 4.78 is -0.0275. The Morgan fingerprint density at radius 2 is 2.44 bits per heavy atom. The summed E-state index contributed by atoms with van der Waals surface area (Å²) in [6, 6.07) is -0.514. The van der Waals surface area contributed by atoms with Gasteiger partial charge in [0.2, 0.25) is 0 Å². The Bertz CT molecular complexity index is 198. The van der Waals surface area contributed by atoms with Gasteiger partial charge in [0, 0.05) is 6.21 Å². The van der Waals surface area contributed by atoms with Crippen LogP contribution in [0.15, 0.2) is 9.98 Å². The Labute approximate surface area is 65.4 Å². The number of carbonyl (C=O) groups excluding carboxylic acids is 1. The standard InChI is InChI=1S/C4H4IN3O/c5-2-1-7-4(9)8-3(2)6/h1-2H,(H2,6,8,9). The topological polar surface area (TPSA) is 67.8 Å². The van der Waals surface area contributed by atoms with Gasteiger partial charge >= 0.3 is 6.03 Å². The molecular weight excluding hydrogens is 233 g/mol. The summed E-state index contributed by atoms with van der Waals surface area (Å²) in [4.78, 5) is 17.2. The fraction of sp³-hybridized carbons (Fsp3) is 0.250. The normalized spacial score (nSPS) is 26.1. The summed E-state index contributed by atoms with van der Waals surface area (Å²) in [5, 5.41) is 0. The second-order valence-electron chi connectivity index (χ2n) is 1.50. The molecule has 9 heavy (non-hydrogen) atoms. The van der Waals surface area contributed by atoms with Crippen molar-refractivity contribution >= 4 is 40.7 Å². The van der Waals surface area contributed by atoms with Crippen molar-refractivity contribution in [3.8, 4) is 0 Å². The number of nitrogens with two attached hydrogens (primary N) is 1. The summed E-state index contributed by atoms with van der Waals surface area (Å²) in [5.74, 6) is 0.329. The molecule has 1 atom stereocenters. The lowest BCUT2D eigenvalue weighted by molar-refractivity contribution is 0.257. The zero-order valence-electron chi connectivity index (χ0n) is 4.41. The molecule has 1 unspecified atom stereocenters. The van der Waals surface area contributed by atoms with E-state index in [9.17, 15) is 4.79 Å². The molecular formula is C4H4IN3O. The van der Waals surface area contributed by atoms with Crippen molar-refractivity contribution in [2.24, 2.45) is 15.7 Å². The Kier molecular flexibility index (Phi) is 1.79. The van der Waals surface area contributed by atoms with E-state index >= 15 is 0 Å². The third-order valence-corrected chi connectivity index (χ3v) is 1.78. The van der Waals surface area contributed by atoms with E-state index in [1.807, 2.05) is 22.6 Å². The first-order valence-electron chi connectivity index (χ1n) is 2.26. The maximum absolute atomic E-state index is 10.4. The molecule has 0 aromatic rings. The molecule has 2 amide bonds. The molecule has 5 heteroatoms. The molecule has 0 aromatic carbocycles. The van der Waals surface area contributed by atoms with Gasteiger partial charge in [-0.3, -0.25) is 0 Å². The van der Waals surface area contributed by atoms with Crippen LogP contribution in [0.3, 0.4) is 0 Å². The second-order valence-corrected chi connectivity index (χ2v) is 2.84. The van der Waals surface area contributed by atoms with Crippen molar-refractivity contribution in [1.29, 1.82) is 0 Å². The monoisotopic (exact) mass is 237 g/mol. The lowest BCUT2D eigenvalue weighted by Crippen LogP contribution is -2.28. The third-order valence-electron chi connectivity index (χ3n) is 0.823. The van der Waals surface area contributed by atoms with Gasteiger partial charge in [-0.2, -0.15) is 4.99 Å². The molecule has 48 valence electrons. The minimum absolute atomic E-state index is 0.0275. The maximum Gasteiger partial charge on any atom is 0.368 e. The average molecular weight is 237 g/mol. The van der Waals surface area contributed by atoms with E-state index in [1.165, 1.54) is 6.21 Å². The van der Waals surface area contributed by atoms with Gasteiger partial charge in [-0.1, -0.05) is 22.6 Å². The Balaban J connectivity index is 2.82. The van der Waals surface area contributed by atoms with Crippen molar-refractivity contribution in [2.75, 3.05) is 0 Å². The number of carbonyl (C=O) groups is 1. The number of hydrogen-bond acceptors (Lipinski definition) is 2. The van der Waals surface area contributed by atoms with Crippen LogP contribution in [0.25, 0.3) is 0 Å². The molecule has 0 bridgehead atoms. The van der Waals surface area contributed by atoms with Gasteiger partial charge in [0.25, 0.3) is 0 Å². The number of alkyl halides is 1. The quantitative estimate of drug-likeness (QED) is 0.488. The molecule has 1 aliphatic rings. The molecule has 0 saturated heterocycles. The van der Waals surface area contributed by atoms with E-state index in [0.717, 1.165) is 0 Å². The second kappa shape index (κ2) is 2.42. The van der Waals surface area contributed by atoms with Crippen LogP contribution in [0.2, 0.25) is 0 Å². The van der Waals surface area contributed by atoms with Gasteiger partial charge in [-0.25, -0.2) is 9.79 Å². The predicted molar refractivity (Wildman–Crippen MR) is 43.3 cm³/mol. The first-order valence-corrected chi connectivity index (χ1v) is 3.51. The summed E-state index contributed by atoms with van der Waals surface area (Å²) >= 11 is 2.04. The molecule has 0 saturated carbocycles. The average Bonchev–Trinajstić information content (AvgIpc) is 1.80. The molecule has 0 aliphatic carbocycles. The Morgan fingerprint density at radius 1 is 1.78 bits per heavy atom. The van der Waals surface area contributed by atoms with E-state index in [2.05, 4.69) is 9.98 Å². The first kappa shape index (κ1) is 6.66. The lowest BCUT2D eigenvalue weighted by Gasteiger charge is -2.04. The van der Waals surface area contributed by atoms with Crippen LogP contribution < -0.4 is 5.73 Å². The molecule has 1 aliphatic heterocycles. The van der Waals surface area contributed by atoms with Crippen molar-refractivity contribution in [3.05, 3.63) is 0 Å². The minimum Gasteiger partial charge on any atom is -0.386 e. The highest BCUT2D eigenvalue weighted by molar-refractivity contribution is 14.1. The van der Waals surface area contributed by atoms with Gasteiger partial charge < -0.3 is 5.73 Å². The number of nitrogens with zero attached hydrogens (tertiary/aromatic N) is 2. The Morgan fingerprint density at radius 3 is 2.89 bits per heavy atom. The first-order chi connectivity index (χ1) is 4.20. The summed E-state index contributed by atoms with van der Waals surface area (Å²) in [7, 11) is 0. The number of urea groups is 1. The van der Waals surface area contributed by atoms with E-state index < -0.39 is 6.03 Å². The number of halogens is 1. The van der Waals surface area contributed by atoms with Crippen LogP contribution in [-0.4, -0.2) is 22.0 Å². The molecule has 0 fully saturated rings. The zero-order valence-corrected chi connectivity index (χ0v) is 6.57. The molecule has 4 nitrogen and oxygen atoms in total. The predicted octanol–water partition coefficient (Wildman–Crippen LogP) is 0.352. The van der Waals surface area contributed by atoms with E-state index in [4.69, 9.17) is 5.73 Å². The fourth-order valence-electron chi connectivity index (χ4n) is 0.407. The molecule has 0 spiro atoms. The van der Waals surface area contributed by atoms with Gasteiger partial charge in [-0.15, -0.1) is 0 Å². The SMILES string of the molecule is NC1=NC(=O)N=CC1I. The minimum atomic E-state index is -0.514. The largest absolute Gasteiger partial charge is 0.386 e. The van der Waals surface area contributed by atoms with Gasteiger partial charge in [0.15, 0.2) is 0 Å². The highest BCUT2D eigenvalue weighted by Gasteiger charge is 2.12.